The Labute approximate surface area is 222 Å². The number of pyridine rings is 1. The first-order chi connectivity index (χ1) is 18.3. The van der Waals surface area contributed by atoms with Gasteiger partial charge in [-0.05, 0) is 46.4 Å². The van der Waals surface area contributed by atoms with Crippen LogP contribution < -0.4 is 14.8 Å². The number of nitrogens with one attached hydrogen (secondary N) is 1. The number of carbonyl (C=O) groups excluding carboxylic acids is 1. The number of aromatic nitrogens is 2. The highest BCUT2D eigenvalue weighted by Crippen LogP contribution is 2.33. The first-order valence-electron chi connectivity index (χ1n) is 12.7. The number of amides is 1. The van der Waals surface area contributed by atoms with Crippen LogP contribution in [0.1, 0.15) is 59.5 Å². The Hall–Kier alpha value is -4.17. The zero-order valence-electron chi connectivity index (χ0n) is 21.9. The van der Waals surface area contributed by atoms with Crippen LogP contribution in [-0.2, 0) is 31.6 Å². The van der Waals surface area contributed by atoms with Gasteiger partial charge >= 0.3 is 0 Å². The molecule has 0 spiro atoms. The van der Waals surface area contributed by atoms with E-state index in [9.17, 15) is 4.79 Å². The van der Waals surface area contributed by atoms with E-state index in [0.717, 1.165) is 22.8 Å². The molecule has 0 fully saturated rings. The van der Waals surface area contributed by atoms with Gasteiger partial charge < -0.3 is 19.2 Å². The summed E-state index contributed by atoms with van der Waals surface area (Å²) in [6.07, 6.45) is 3.10. The van der Waals surface area contributed by atoms with E-state index in [1.807, 2.05) is 36.4 Å². The van der Waals surface area contributed by atoms with Crippen molar-refractivity contribution in [2.75, 3.05) is 6.79 Å². The molecule has 0 unspecified atom stereocenters. The molecule has 1 amide bonds. The van der Waals surface area contributed by atoms with Crippen LogP contribution in [-0.4, -0.2) is 27.6 Å². The second-order valence-corrected chi connectivity index (χ2v) is 10.4. The molecular weight excluding hydrogens is 480 g/mol. The lowest BCUT2D eigenvalue weighted by Crippen LogP contribution is -2.24. The van der Waals surface area contributed by atoms with E-state index in [1.165, 1.54) is 17.4 Å². The van der Waals surface area contributed by atoms with E-state index in [-0.39, 0.29) is 23.8 Å². The molecule has 0 bridgehead atoms. The first-order valence-corrected chi connectivity index (χ1v) is 12.7. The number of carbonyl (C=O) groups is 1. The van der Waals surface area contributed by atoms with Crippen LogP contribution in [0.2, 0.25) is 0 Å². The second kappa shape index (κ2) is 11.1. The van der Waals surface area contributed by atoms with Gasteiger partial charge in [-0.1, -0.05) is 57.2 Å². The maximum atomic E-state index is 12.6. The van der Waals surface area contributed by atoms with Crippen molar-refractivity contribution in [2.24, 2.45) is 0 Å². The Morgan fingerprint density at radius 2 is 1.71 bits per heavy atom. The molecule has 196 valence electrons. The molecule has 3 heterocycles. The summed E-state index contributed by atoms with van der Waals surface area (Å²) in [5, 5.41) is 2.84. The van der Waals surface area contributed by atoms with Gasteiger partial charge in [0.1, 0.15) is 6.26 Å². The van der Waals surface area contributed by atoms with Crippen molar-refractivity contribution < 1.29 is 18.7 Å². The fraction of sp³-hybridized carbons (Fsp3) is 0.300. The molecule has 0 atom stereocenters. The molecule has 8 heteroatoms. The van der Waals surface area contributed by atoms with E-state index in [2.05, 4.69) is 65.2 Å². The SMILES string of the molecule is CC(C)(C)c1ccc(CN(Cc2ccc3c(c2)OCO3)Cc2nc(C(=O)NCc3ccccn3)co2)cc1. The summed E-state index contributed by atoms with van der Waals surface area (Å²) in [6, 6.07) is 20.3. The van der Waals surface area contributed by atoms with Gasteiger partial charge in [-0.25, -0.2) is 4.98 Å². The van der Waals surface area contributed by atoms with Gasteiger partial charge in [0.05, 0.1) is 18.8 Å². The van der Waals surface area contributed by atoms with Crippen LogP contribution in [0.4, 0.5) is 0 Å². The summed E-state index contributed by atoms with van der Waals surface area (Å²) in [4.78, 5) is 23.5. The lowest BCUT2D eigenvalue weighted by atomic mass is 9.87. The zero-order valence-corrected chi connectivity index (χ0v) is 21.9. The largest absolute Gasteiger partial charge is 0.454 e. The number of hydrogen-bond acceptors (Lipinski definition) is 7. The number of hydrogen-bond donors (Lipinski definition) is 1. The average molecular weight is 513 g/mol. The Morgan fingerprint density at radius 1 is 0.947 bits per heavy atom. The van der Waals surface area contributed by atoms with Crippen molar-refractivity contribution in [2.45, 2.75) is 52.4 Å². The quantitative estimate of drug-likeness (QED) is 0.329. The molecule has 8 nitrogen and oxygen atoms in total. The summed E-state index contributed by atoms with van der Waals surface area (Å²) in [7, 11) is 0. The van der Waals surface area contributed by atoms with Gasteiger partial charge in [0.15, 0.2) is 17.2 Å². The molecule has 5 rings (SSSR count). The highest BCUT2D eigenvalue weighted by atomic mass is 16.7. The smallest absolute Gasteiger partial charge is 0.273 e. The number of benzene rings is 2. The molecule has 0 radical (unpaired) electrons. The minimum Gasteiger partial charge on any atom is -0.454 e. The van der Waals surface area contributed by atoms with Crippen LogP contribution in [0.3, 0.4) is 0 Å². The van der Waals surface area contributed by atoms with Crippen molar-refractivity contribution in [1.29, 1.82) is 0 Å². The molecule has 1 aliphatic heterocycles. The topological polar surface area (TPSA) is 89.7 Å². The minimum absolute atomic E-state index is 0.0936. The molecule has 2 aromatic heterocycles. The predicted molar refractivity (Wildman–Crippen MR) is 143 cm³/mol. The van der Waals surface area contributed by atoms with Gasteiger partial charge in [-0.15, -0.1) is 0 Å². The normalized spacial score (nSPS) is 12.6. The molecule has 38 heavy (non-hydrogen) atoms. The summed E-state index contributed by atoms with van der Waals surface area (Å²) in [6.45, 7) is 8.95. The lowest BCUT2D eigenvalue weighted by molar-refractivity contribution is 0.0945. The van der Waals surface area contributed by atoms with Crippen LogP contribution in [0.15, 0.2) is 77.5 Å². The molecule has 1 aliphatic rings. The fourth-order valence-electron chi connectivity index (χ4n) is 4.28. The van der Waals surface area contributed by atoms with Crippen molar-refractivity contribution >= 4 is 5.91 Å². The van der Waals surface area contributed by atoms with Crippen LogP contribution >= 0.6 is 0 Å². The third kappa shape index (κ3) is 6.39. The van der Waals surface area contributed by atoms with E-state index < -0.39 is 0 Å². The summed E-state index contributed by atoms with van der Waals surface area (Å²) >= 11 is 0. The minimum atomic E-state index is -0.300. The van der Waals surface area contributed by atoms with E-state index in [1.54, 1.807) is 6.20 Å². The summed E-state index contributed by atoms with van der Waals surface area (Å²) < 4.78 is 16.7. The third-order valence-corrected chi connectivity index (χ3v) is 6.37. The van der Waals surface area contributed by atoms with Crippen LogP contribution in [0.5, 0.6) is 11.5 Å². The summed E-state index contributed by atoms with van der Waals surface area (Å²) in [5.41, 5.74) is 4.67. The Bertz CT molecular complexity index is 1380. The average Bonchev–Trinajstić information content (AvgIpc) is 3.57. The van der Waals surface area contributed by atoms with Crippen molar-refractivity contribution in [1.82, 2.24) is 20.2 Å². The van der Waals surface area contributed by atoms with Gasteiger partial charge in [0.25, 0.3) is 5.91 Å². The van der Waals surface area contributed by atoms with Gasteiger partial charge in [0, 0.05) is 19.3 Å². The monoisotopic (exact) mass is 512 g/mol. The summed E-state index contributed by atoms with van der Waals surface area (Å²) in [5.74, 6) is 1.68. The highest BCUT2D eigenvalue weighted by molar-refractivity contribution is 5.91. The number of rotatable bonds is 9. The van der Waals surface area contributed by atoms with Crippen LogP contribution in [0, 0.1) is 0 Å². The molecule has 0 saturated heterocycles. The molecule has 2 aromatic carbocycles. The van der Waals surface area contributed by atoms with Gasteiger partial charge in [-0.3, -0.25) is 14.7 Å². The molecule has 1 N–H and O–H groups in total. The van der Waals surface area contributed by atoms with Crippen molar-refractivity contribution in [3.05, 3.63) is 107 Å². The van der Waals surface area contributed by atoms with E-state index in [0.29, 0.717) is 32.1 Å². The number of ether oxygens (including phenoxy) is 2. The third-order valence-electron chi connectivity index (χ3n) is 6.37. The predicted octanol–water partition coefficient (Wildman–Crippen LogP) is 5.23. The lowest BCUT2D eigenvalue weighted by Gasteiger charge is -2.23. The van der Waals surface area contributed by atoms with Gasteiger partial charge in [-0.2, -0.15) is 0 Å². The number of oxazole rings is 1. The van der Waals surface area contributed by atoms with Crippen molar-refractivity contribution in [3.8, 4) is 11.5 Å². The molecule has 4 aromatic rings. The number of nitrogens with zero attached hydrogens (tertiary/aromatic N) is 3. The van der Waals surface area contributed by atoms with E-state index >= 15 is 0 Å². The van der Waals surface area contributed by atoms with Gasteiger partial charge in [0.2, 0.25) is 12.7 Å². The maximum Gasteiger partial charge on any atom is 0.273 e. The molecular formula is C30H32N4O4. The Kier molecular flexibility index (Phi) is 7.42. The number of fused-ring (bicyclic) bond motifs is 1. The van der Waals surface area contributed by atoms with Crippen molar-refractivity contribution in [3.63, 3.8) is 0 Å². The highest BCUT2D eigenvalue weighted by Gasteiger charge is 2.19. The van der Waals surface area contributed by atoms with Crippen LogP contribution in [0.25, 0.3) is 0 Å². The molecule has 0 saturated carbocycles. The fourth-order valence-corrected chi connectivity index (χ4v) is 4.28. The molecule has 0 aliphatic carbocycles. The standard InChI is InChI=1S/C30H32N4O4/c1-30(2,3)23-10-7-21(8-11-23)16-34(17-22-9-12-26-27(14-22)38-20-37-26)18-28-33-25(19-36-28)29(35)32-15-24-6-4-5-13-31-24/h4-14,19H,15-18,20H2,1-3H3,(H,32,35). The van der Waals surface area contributed by atoms with E-state index in [4.69, 9.17) is 13.9 Å². The first kappa shape index (κ1) is 25.5. The Morgan fingerprint density at radius 3 is 2.47 bits per heavy atom. The Balaban J connectivity index is 1.29. The zero-order chi connectivity index (χ0) is 26.5. The maximum absolute atomic E-state index is 12.6. The second-order valence-electron chi connectivity index (χ2n) is 10.4.